The Morgan fingerprint density at radius 2 is 1.53 bits per heavy atom. The zero-order valence-electron chi connectivity index (χ0n) is 11.9. The fourth-order valence-electron chi connectivity index (χ4n) is 1.57. The number of nitrogens with zero attached hydrogens (tertiary/aromatic N) is 1. The summed E-state index contributed by atoms with van der Waals surface area (Å²) in [5.41, 5.74) is 1.20. The minimum Gasteiger partial charge on any atom is -0.481 e. The molecular formula is C14H23NO2. The van der Waals surface area contributed by atoms with E-state index in [1.165, 1.54) is 0 Å². The van der Waals surface area contributed by atoms with Gasteiger partial charge >= 0.3 is 0 Å². The zero-order valence-corrected chi connectivity index (χ0v) is 11.9. The van der Waals surface area contributed by atoms with Gasteiger partial charge in [-0.1, -0.05) is 34.6 Å². The molecule has 0 unspecified atom stereocenters. The fraction of sp³-hybridized carbons (Fsp3) is 0.643. The Hall–Kier alpha value is -1.25. The third-order valence-electron chi connectivity index (χ3n) is 3.79. The summed E-state index contributed by atoms with van der Waals surface area (Å²) < 4.78 is 10.5. The molecule has 1 aromatic heterocycles. The van der Waals surface area contributed by atoms with Gasteiger partial charge in [0.15, 0.2) is 0 Å². The lowest BCUT2D eigenvalue weighted by Crippen LogP contribution is -2.34. The number of hydrogen-bond acceptors (Lipinski definition) is 3. The molecule has 0 N–H and O–H groups in total. The van der Waals surface area contributed by atoms with Crippen molar-refractivity contribution >= 4 is 0 Å². The molecule has 0 aliphatic carbocycles. The van der Waals surface area contributed by atoms with E-state index in [2.05, 4.69) is 39.6 Å². The smallest absolute Gasteiger partial charge is 0.220 e. The lowest BCUT2D eigenvalue weighted by molar-refractivity contribution is 0.216. The Balaban J connectivity index is 3.31. The highest BCUT2D eigenvalue weighted by Crippen LogP contribution is 2.44. The molecule has 1 aromatic rings. The van der Waals surface area contributed by atoms with Crippen LogP contribution >= 0.6 is 0 Å². The van der Waals surface area contributed by atoms with Crippen molar-refractivity contribution in [3.63, 3.8) is 0 Å². The van der Waals surface area contributed by atoms with Crippen LogP contribution in [0.25, 0.3) is 0 Å². The molecule has 1 rings (SSSR count). The second-order valence-electron chi connectivity index (χ2n) is 5.79. The van der Waals surface area contributed by atoms with Gasteiger partial charge in [-0.2, -0.15) is 4.98 Å². The number of pyridine rings is 1. The number of hydrogen-bond donors (Lipinski definition) is 0. The van der Waals surface area contributed by atoms with E-state index in [0.717, 1.165) is 5.56 Å². The third-order valence-corrected chi connectivity index (χ3v) is 3.79. The van der Waals surface area contributed by atoms with Crippen LogP contribution in [0.3, 0.4) is 0 Å². The van der Waals surface area contributed by atoms with Gasteiger partial charge < -0.3 is 9.47 Å². The maximum absolute atomic E-state index is 5.38. The highest BCUT2D eigenvalue weighted by atomic mass is 16.5. The first kappa shape index (κ1) is 13.8. The Morgan fingerprint density at radius 3 is 1.94 bits per heavy atom. The molecule has 0 fully saturated rings. The lowest BCUT2D eigenvalue weighted by Gasteiger charge is -2.39. The van der Waals surface area contributed by atoms with E-state index in [1.807, 2.05) is 12.1 Å². The van der Waals surface area contributed by atoms with Crippen molar-refractivity contribution in [3.05, 3.63) is 17.7 Å². The van der Waals surface area contributed by atoms with Crippen molar-refractivity contribution < 1.29 is 9.47 Å². The molecule has 0 spiro atoms. The van der Waals surface area contributed by atoms with Gasteiger partial charge in [-0.3, -0.25) is 0 Å². The van der Waals surface area contributed by atoms with Crippen LogP contribution in [0.1, 0.15) is 40.2 Å². The molecule has 96 valence electrons. The first-order valence-corrected chi connectivity index (χ1v) is 5.83. The van der Waals surface area contributed by atoms with Crippen LogP contribution in [0.5, 0.6) is 11.8 Å². The SMILES string of the molecule is COc1ccc(C(C)(C)C(C)(C)C)c(OC)n1. The molecule has 3 heteroatoms. The molecule has 0 saturated carbocycles. The second-order valence-corrected chi connectivity index (χ2v) is 5.79. The van der Waals surface area contributed by atoms with Crippen molar-refractivity contribution in [2.24, 2.45) is 5.41 Å². The van der Waals surface area contributed by atoms with Crippen LogP contribution in [0.15, 0.2) is 12.1 Å². The van der Waals surface area contributed by atoms with Gasteiger partial charge in [0.05, 0.1) is 14.2 Å². The van der Waals surface area contributed by atoms with Crippen molar-refractivity contribution in [2.75, 3.05) is 14.2 Å². The minimum atomic E-state index is -0.0301. The monoisotopic (exact) mass is 237 g/mol. The number of aromatic nitrogens is 1. The number of rotatable bonds is 3. The molecule has 0 amide bonds. The molecule has 0 atom stereocenters. The topological polar surface area (TPSA) is 31.4 Å². The summed E-state index contributed by atoms with van der Waals surface area (Å²) in [4.78, 5) is 4.35. The Labute approximate surface area is 104 Å². The molecule has 0 aliphatic rings. The first-order valence-electron chi connectivity index (χ1n) is 5.83. The summed E-state index contributed by atoms with van der Waals surface area (Å²) in [6, 6.07) is 3.92. The summed E-state index contributed by atoms with van der Waals surface area (Å²) in [5, 5.41) is 0. The van der Waals surface area contributed by atoms with Gasteiger partial charge in [0.1, 0.15) is 0 Å². The summed E-state index contributed by atoms with van der Waals surface area (Å²) in [6.07, 6.45) is 0. The summed E-state index contributed by atoms with van der Waals surface area (Å²) in [5.74, 6) is 1.22. The molecule has 0 aliphatic heterocycles. The van der Waals surface area contributed by atoms with E-state index in [1.54, 1.807) is 14.2 Å². The quantitative estimate of drug-likeness (QED) is 0.807. The van der Waals surface area contributed by atoms with E-state index in [-0.39, 0.29) is 10.8 Å². The van der Waals surface area contributed by atoms with Crippen LogP contribution in [-0.4, -0.2) is 19.2 Å². The summed E-state index contributed by atoms with van der Waals surface area (Å²) >= 11 is 0. The molecule has 0 radical (unpaired) electrons. The zero-order chi connectivity index (χ0) is 13.3. The van der Waals surface area contributed by atoms with Crippen LogP contribution in [0.4, 0.5) is 0 Å². The maximum atomic E-state index is 5.38. The van der Waals surface area contributed by atoms with Gasteiger partial charge in [0.25, 0.3) is 0 Å². The third kappa shape index (κ3) is 2.54. The predicted octanol–water partition coefficient (Wildman–Crippen LogP) is 3.42. The number of methoxy groups -OCH3 is 2. The van der Waals surface area contributed by atoms with E-state index in [0.29, 0.717) is 11.8 Å². The Bertz CT molecular complexity index is 392. The van der Waals surface area contributed by atoms with E-state index >= 15 is 0 Å². The van der Waals surface area contributed by atoms with Crippen molar-refractivity contribution in [1.29, 1.82) is 0 Å². The normalized spacial score (nSPS) is 12.4. The Kier molecular flexibility index (Phi) is 3.70. The fourth-order valence-corrected chi connectivity index (χ4v) is 1.57. The summed E-state index contributed by atoms with van der Waals surface area (Å²) in [6.45, 7) is 11.1. The van der Waals surface area contributed by atoms with Gasteiger partial charge in [0, 0.05) is 11.6 Å². The molecule has 0 aromatic carbocycles. The van der Waals surface area contributed by atoms with Gasteiger partial charge in [-0.25, -0.2) is 0 Å². The molecular weight excluding hydrogens is 214 g/mol. The first-order chi connectivity index (χ1) is 7.74. The average Bonchev–Trinajstić information content (AvgIpc) is 2.26. The highest BCUT2D eigenvalue weighted by Gasteiger charge is 2.37. The standard InChI is InChI=1S/C14H23NO2/c1-13(2,3)14(4,5)10-8-9-11(16-6)15-12(10)17-7/h8-9H,1-7H3. The lowest BCUT2D eigenvalue weighted by atomic mass is 9.65. The van der Waals surface area contributed by atoms with Crippen molar-refractivity contribution in [2.45, 2.75) is 40.0 Å². The van der Waals surface area contributed by atoms with Gasteiger partial charge in [-0.15, -0.1) is 0 Å². The molecule has 0 saturated heterocycles. The van der Waals surface area contributed by atoms with E-state index in [9.17, 15) is 0 Å². The van der Waals surface area contributed by atoms with Crippen molar-refractivity contribution in [3.8, 4) is 11.8 Å². The molecule has 0 bridgehead atoms. The summed E-state index contributed by atoms with van der Waals surface area (Å²) in [7, 11) is 3.25. The van der Waals surface area contributed by atoms with Gasteiger partial charge in [0.2, 0.25) is 11.8 Å². The molecule has 3 nitrogen and oxygen atoms in total. The predicted molar refractivity (Wildman–Crippen MR) is 69.8 cm³/mol. The van der Waals surface area contributed by atoms with Crippen LogP contribution < -0.4 is 9.47 Å². The van der Waals surface area contributed by atoms with Crippen LogP contribution in [0, 0.1) is 5.41 Å². The maximum Gasteiger partial charge on any atom is 0.220 e. The second kappa shape index (κ2) is 4.55. The van der Waals surface area contributed by atoms with E-state index < -0.39 is 0 Å². The van der Waals surface area contributed by atoms with Crippen molar-refractivity contribution in [1.82, 2.24) is 4.98 Å². The van der Waals surface area contributed by atoms with Crippen LogP contribution in [0.2, 0.25) is 0 Å². The minimum absolute atomic E-state index is 0.0301. The van der Waals surface area contributed by atoms with Crippen LogP contribution in [-0.2, 0) is 5.41 Å². The molecule has 1 heterocycles. The highest BCUT2D eigenvalue weighted by molar-refractivity contribution is 5.37. The van der Waals surface area contributed by atoms with Gasteiger partial charge in [-0.05, 0) is 16.9 Å². The average molecular weight is 237 g/mol. The number of ether oxygens (including phenoxy) is 2. The largest absolute Gasteiger partial charge is 0.481 e. The molecule has 17 heavy (non-hydrogen) atoms. The van der Waals surface area contributed by atoms with E-state index in [4.69, 9.17) is 9.47 Å². The Morgan fingerprint density at radius 1 is 0.941 bits per heavy atom.